The van der Waals surface area contributed by atoms with E-state index in [9.17, 15) is 22.4 Å². The second-order valence-electron chi connectivity index (χ2n) is 7.64. The largest absolute Gasteiger partial charge is 0.453 e. The third-order valence-electron chi connectivity index (χ3n) is 4.53. The van der Waals surface area contributed by atoms with Crippen LogP contribution < -0.4 is 15.4 Å². The first kappa shape index (κ1) is 25.3. The molecule has 2 aromatic rings. The van der Waals surface area contributed by atoms with E-state index in [2.05, 4.69) is 20.1 Å². The summed E-state index contributed by atoms with van der Waals surface area (Å²) in [5.41, 5.74) is 1.06. The highest BCUT2D eigenvalue weighted by atomic mass is 32.2. The first-order valence-electron chi connectivity index (χ1n) is 10.1. The summed E-state index contributed by atoms with van der Waals surface area (Å²) >= 11 is 0. The van der Waals surface area contributed by atoms with Gasteiger partial charge in [-0.3, -0.25) is 4.79 Å². The maximum atomic E-state index is 13.3. The minimum atomic E-state index is -3.84. The van der Waals surface area contributed by atoms with E-state index in [0.29, 0.717) is 17.5 Å². The minimum absolute atomic E-state index is 0.0204. The van der Waals surface area contributed by atoms with Gasteiger partial charge in [-0.15, -0.1) is 0 Å². The number of nitrogens with one attached hydrogen (secondary N) is 3. The van der Waals surface area contributed by atoms with Gasteiger partial charge in [0.05, 0.1) is 12.0 Å². The number of benzene rings is 2. The smallest absolute Gasteiger partial charge is 0.407 e. The Labute approximate surface area is 187 Å². The summed E-state index contributed by atoms with van der Waals surface area (Å²) < 4.78 is 45.5. The number of hydrogen-bond donors (Lipinski definition) is 3. The summed E-state index contributed by atoms with van der Waals surface area (Å²) in [6.45, 7) is 3.86. The standard InChI is InChI=1S/C22H28FN3O5S/c1-15(2)10-20(26-22(28)31-3)21(27)24-13-17-7-5-9-19(12-17)32(29,30)25-14-16-6-4-8-18(23)11-16/h4-9,11-12,15,20,25H,10,13-14H2,1-3H3,(H,24,27)(H,26,28). The Morgan fingerprint density at radius 2 is 1.69 bits per heavy atom. The van der Waals surface area contributed by atoms with Gasteiger partial charge in [0.2, 0.25) is 15.9 Å². The number of methoxy groups -OCH3 is 1. The van der Waals surface area contributed by atoms with E-state index in [1.165, 1.54) is 37.4 Å². The molecule has 0 spiro atoms. The van der Waals surface area contributed by atoms with E-state index >= 15 is 0 Å². The van der Waals surface area contributed by atoms with Crippen molar-refractivity contribution in [2.45, 2.75) is 44.3 Å². The number of sulfonamides is 1. The fourth-order valence-corrected chi connectivity index (χ4v) is 4.04. The molecule has 0 aromatic heterocycles. The van der Waals surface area contributed by atoms with Crippen molar-refractivity contribution in [1.29, 1.82) is 0 Å². The van der Waals surface area contributed by atoms with Crippen LogP contribution in [-0.2, 0) is 32.6 Å². The molecule has 0 aliphatic heterocycles. The van der Waals surface area contributed by atoms with Crippen molar-refractivity contribution in [1.82, 2.24) is 15.4 Å². The molecule has 2 amide bonds. The Kier molecular flexibility index (Phi) is 9.15. The molecule has 2 rings (SSSR count). The Bertz CT molecular complexity index is 1040. The third-order valence-corrected chi connectivity index (χ3v) is 5.93. The molecular weight excluding hydrogens is 437 g/mol. The van der Waals surface area contributed by atoms with E-state index in [1.54, 1.807) is 18.2 Å². The molecular formula is C22H28FN3O5S. The molecule has 32 heavy (non-hydrogen) atoms. The Morgan fingerprint density at radius 3 is 2.31 bits per heavy atom. The monoisotopic (exact) mass is 465 g/mol. The van der Waals surface area contributed by atoms with Crippen LogP contribution in [0.3, 0.4) is 0 Å². The number of rotatable bonds is 10. The van der Waals surface area contributed by atoms with Crippen molar-refractivity contribution >= 4 is 22.0 Å². The number of carbonyl (C=O) groups is 2. The highest BCUT2D eigenvalue weighted by Gasteiger charge is 2.22. The highest BCUT2D eigenvalue weighted by molar-refractivity contribution is 7.89. The van der Waals surface area contributed by atoms with E-state index in [1.807, 2.05) is 13.8 Å². The van der Waals surface area contributed by atoms with Crippen LogP contribution in [-0.4, -0.2) is 33.6 Å². The Hall–Kier alpha value is -2.98. The van der Waals surface area contributed by atoms with Gasteiger partial charge in [-0.1, -0.05) is 38.1 Å². The molecule has 0 fully saturated rings. The Morgan fingerprint density at radius 1 is 1.03 bits per heavy atom. The summed E-state index contributed by atoms with van der Waals surface area (Å²) in [5.74, 6) is -0.695. The van der Waals surface area contributed by atoms with Gasteiger partial charge < -0.3 is 15.4 Å². The summed E-state index contributed by atoms with van der Waals surface area (Å²) in [5, 5.41) is 5.21. The minimum Gasteiger partial charge on any atom is -0.453 e. The number of ether oxygens (including phenoxy) is 1. The van der Waals surface area contributed by atoms with Crippen molar-refractivity contribution < 1.29 is 27.1 Å². The van der Waals surface area contributed by atoms with Gasteiger partial charge in [0.1, 0.15) is 11.9 Å². The molecule has 1 unspecified atom stereocenters. The van der Waals surface area contributed by atoms with Gasteiger partial charge in [0.15, 0.2) is 0 Å². The maximum absolute atomic E-state index is 13.3. The molecule has 0 saturated heterocycles. The molecule has 0 saturated carbocycles. The molecule has 8 nitrogen and oxygen atoms in total. The molecule has 3 N–H and O–H groups in total. The summed E-state index contributed by atoms with van der Waals surface area (Å²) in [4.78, 5) is 24.1. The number of amides is 2. The van der Waals surface area contributed by atoms with Crippen LogP contribution in [0.5, 0.6) is 0 Å². The zero-order valence-corrected chi connectivity index (χ0v) is 19.0. The molecule has 174 valence electrons. The lowest BCUT2D eigenvalue weighted by molar-refractivity contribution is -0.123. The second-order valence-corrected chi connectivity index (χ2v) is 9.40. The van der Waals surface area contributed by atoms with Crippen LogP contribution in [0.1, 0.15) is 31.4 Å². The SMILES string of the molecule is COC(=O)NC(CC(C)C)C(=O)NCc1cccc(S(=O)(=O)NCc2cccc(F)c2)c1. The molecule has 0 bridgehead atoms. The maximum Gasteiger partial charge on any atom is 0.407 e. The second kappa shape index (κ2) is 11.6. The van der Waals surface area contributed by atoms with Gasteiger partial charge in [-0.05, 0) is 47.7 Å². The zero-order valence-electron chi connectivity index (χ0n) is 18.2. The quantitative estimate of drug-likeness (QED) is 0.499. The fourth-order valence-electron chi connectivity index (χ4n) is 2.95. The van der Waals surface area contributed by atoms with Gasteiger partial charge >= 0.3 is 6.09 Å². The summed E-state index contributed by atoms with van der Waals surface area (Å²) in [6, 6.07) is 11.0. The van der Waals surface area contributed by atoms with Crippen molar-refractivity contribution in [2.75, 3.05) is 7.11 Å². The van der Waals surface area contributed by atoms with Crippen molar-refractivity contribution in [3.8, 4) is 0 Å². The van der Waals surface area contributed by atoms with Crippen LogP contribution in [0.2, 0.25) is 0 Å². The van der Waals surface area contributed by atoms with E-state index in [4.69, 9.17) is 0 Å². The predicted octanol–water partition coefficient (Wildman–Crippen LogP) is 2.69. The molecule has 0 aliphatic carbocycles. The average molecular weight is 466 g/mol. The number of alkyl carbamates (subject to hydrolysis) is 1. The Balaban J connectivity index is 2.03. The first-order chi connectivity index (χ1) is 15.1. The van der Waals surface area contributed by atoms with Crippen LogP contribution >= 0.6 is 0 Å². The fraction of sp³-hybridized carbons (Fsp3) is 0.364. The van der Waals surface area contributed by atoms with Gasteiger partial charge in [0, 0.05) is 13.1 Å². The van der Waals surface area contributed by atoms with Crippen molar-refractivity contribution in [3.05, 3.63) is 65.5 Å². The van der Waals surface area contributed by atoms with Crippen LogP contribution in [0.25, 0.3) is 0 Å². The summed E-state index contributed by atoms with van der Waals surface area (Å²) in [6.07, 6.45) is -0.289. The van der Waals surface area contributed by atoms with E-state index in [0.717, 1.165) is 0 Å². The summed E-state index contributed by atoms with van der Waals surface area (Å²) in [7, 11) is -2.63. The van der Waals surface area contributed by atoms with Crippen LogP contribution in [0, 0.1) is 11.7 Å². The molecule has 0 heterocycles. The zero-order chi connectivity index (χ0) is 23.7. The molecule has 0 aliphatic rings. The first-order valence-corrected chi connectivity index (χ1v) is 11.5. The average Bonchev–Trinajstić information content (AvgIpc) is 2.75. The van der Waals surface area contributed by atoms with E-state index in [-0.39, 0.29) is 23.9 Å². The lowest BCUT2D eigenvalue weighted by atomic mass is 10.0. The molecule has 10 heteroatoms. The highest BCUT2D eigenvalue weighted by Crippen LogP contribution is 2.13. The van der Waals surface area contributed by atoms with Crippen LogP contribution in [0.15, 0.2) is 53.4 Å². The molecule has 1 atom stereocenters. The van der Waals surface area contributed by atoms with E-state index < -0.39 is 33.9 Å². The number of hydrogen-bond acceptors (Lipinski definition) is 5. The predicted molar refractivity (Wildman–Crippen MR) is 117 cm³/mol. The third kappa shape index (κ3) is 7.93. The van der Waals surface area contributed by atoms with Gasteiger partial charge in [-0.2, -0.15) is 0 Å². The number of carbonyl (C=O) groups excluding carboxylic acids is 2. The molecule has 0 radical (unpaired) electrons. The normalized spacial score (nSPS) is 12.3. The number of halogens is 1. The lowest BCUT2D eigenvalue weighted by Crippen LogP contribution is -2.47. The van der Waals surface area contributed by atoms with Crippen LogP contribution in [0.4, 0.5) is 9.18 Å². The lowest BCUT2D eigenvalue weighted by Gasteiger charge is -2.19. The van der Waals surface area contributed by atoms with Gasteiger partial charge in [-0.25, -0.2) is 22.3 Å². The topological polar surface area (TPSA) is 114 Å². The van der Waals surface area contributed by atoms with Crippen molar-refractivity contribution in [3.63, 3.8) is 0 Å². The molecule has 2 aromatic carbocycles. The van der Waals surface area contributed by atoms with Gasteiger partial charge in [0.25, 0.3) is 0 Å². The van der Waals surface area contributed by atoms with Crippen molar-refractivity contribution in [2.24, 2.45) is 5.92 Å².